The predicted octanol–water partition coefficient (Wildman–Crippen LogP) is 8.66. The Kier molecular flexibility index (Phi) is 7.54. The summed E-state index contributed by atoms with van der Waals surface area (Å²) in [5.41, 5.74) is -1.65. The predicted molar refractivity (Wildman–Crippen MR) is 110 cm³/mol. The second-order valence-electron chi connectivity index (χ2n) is 7.04. The molecule has 0 N–H and O–H groups in total. The first-order valence-electron chi connectivity index (χ1n) is 9.12. The highest BCUT2D eigenvalue weighted by Gasteiger charge is 2.40. The van der Waals surface area contributed by atoms with Crippen LogP contribution in [0.1, 0.15) is 58.8 Å². The van der Waals surface area contributed by atoms with Gasteiger partial charge in [-0.15, -0.1) is 0 Å². The fourth-order valence-corrected chi connectivity index (χ4v) is 3.43. The Morgan fingerprint density at radius 1 is 1.10 bits per heavy atom. The number of carbonyl (C=O) groups excluding carboxylic acids is 1. The van der Waals surface area contributed by atoms with Crippen molar-refractivity contribution in [2.75, 3.05) is 0 Å². The zero-order chi connectivity index (χ0) is 23.7. The van der Waals surface area contributed by atoms with E-state index in [4.69, 9.17) is 23.2 Å². The number of alkyl halides is 5. The van der Waals surface area contributed by atoms with Crippen LogP contribution < -0.4 is 0 Å². The van der Waals surface area contributed by atoms with Crippen LogP contribution in [0.25, 0.3) is 5.83 Å². The van der Waals surface area contributed by atoms with Crippen LogP contribution in [0, 0.1) is 6.92 Å². The minimum atomic E-state index is -4.89. The number of Topliss-reactive ketones (excluding diaryl/α,β-unsaturated/α-hetero) is 1. The van der Waals surface area contributed by atoms with Gasteiger partial charge < -0.3 is 0 Å². The lowest BCUT2D eigenvalue weighted by molar-refractivity contribution is -0.139. The molecular formula is C22H18Cl2F6O. The van der Waals surface area contributed by atoms with Crippen molar-refractivity contribution < 1.29 is 31.1 Å². The van der Waals surface area contributed by atoms with E-state index in [-0.39, 0.29) is 32.8 Å². The third-order valence-corrected chi connectivity index (χ3v) is 5.67. The summed E-state index contributed by atoms with van der Waals surface area (Å²) in [5.74, 6) is -7.89. The summed E-state index contributed by atoms with van der Waals surface area (Å²) in [6.45, 7) is 3.70. The van der Waals surface area contributed by atoms with Crippen molar-refractivity contribution in [1.82, 2.24) is 0 Å². The Morgan fingerprint density at radius 3 is 2.19 bits per heavy atom. The quantitative estimate of drug-likeness (QED) is 0.297. The molecule has 0 saturated heterocycles. The van der Waals surface area contributed by atoms with Gasteiger partial charge in [-0.3, -0.25) is 4.79 Å². The lowest BCUT2D eigenvalue weighted by Crippen LogP contribution is -2.19. The maximum Gasteiger partial charge on any atom is 0.399 e. The first-order valence-corrected chi connectivity index (χ1v) is 9.87. The molecule has 31 heavy (non-hydrogen) atoms. The topological polar surface area (TPSA) is 17.1 Å². The second-order valence-corrected chi connectivity index (χ2v) is 7.83. The number of benzene rings is 2. The van der Waals surface area contributed by atoms with Crippen LogP contribution in [-0.2, 0) is 5.92 Å². The van der Waals surface area contributed by atoms with Crippen LogP contribution in [-0.4, -0.2) is 12.0 Å². The van der Waals surface area contributed by atoms with Crippen LogP contribution in [0.2, 0.25) is 10.0 Å². The van der Waals surface area contributed by atoms with Crippen molar-refractivity contribution in [2.45, 2.75) is 45.2 Å². The Balaban J connectivity index is 2.64. The summed E-state index contributed by atoms with van der Waals surface area (Å²) >= 11 is 11.8. The number of rotatable bonds is 6. The molecule has 2 rings (SSSR count). The number of halogens is 8. The van der Waals surface area contributed by atoms with E-state index in [9.17, 15) is 31.1 Å². The van der Waals surface area contributed by atoms with Gasteiger partial charge in [0.05, 0.1) is 10.0 Å². The zero-order valence-corrected chi connectivity index (χ0v) is 18.2. The van der Waals surface area contributed by atoms with Crippen LogP contribution in [0.3, 0.4) is 0 Å². The molecule has 0 aliphatic heterocycles. The number of carbonyl (C=O) groups is 1. The molecule has 0 aliphatic carbocycles. The highest BCUT2D eigenvalue weighted by atomic mass is 35.5. The molecule has 0 saturated carbocycles. The van der Waals surface area contributed by atoms with Crippen LogP contribution in [0.5, 0.6) is 0 Å². The molecule has 0 radical (unpaired) electrons. The van der Waals surface area contributed by atoms with E-state index in [2.05, 4.69) is 0 Å². The number of hydrogen-bond acceptors (Lipinski definition) is 1. The normalized spacial score (nSPS) is 14.0. The van der Waals surface area contributed by atoms with Gasteiger partial charge in [0.25, 0.3) is 5.92 Å². The van der Waals surface area contributed by atoms with Crippen LogP contribution in [0.15, 0.2) is 36.4 Å². The molecule has 2 aromatic rings. The number of allylic oxidation sites excluding steroid dienone is 1. The van der Waals surface area contributed by atoms with Gasteiger partial charge in [-0.2, -0.15) is 13.2 Å². The summed E-state index contributed by atoms with van der Waals surface area (Å²) < 4.78 is 84.5. The maximum atomic E-state index is 14.9. The van der Waals surface area contributed by atoms with E-state index < -0.39 is 47.2 Å². The first-order chi connectivity index (χ1) is 14.2. The summed E-state index contributed by atoms with van der Waals surface area (Å²) in [6.07, 6.45) is -5.28. The zero-order valence-electron chi connectivity index (χ0n) is 16.7. The molecule has 0 aliphatic rings. The lowest BCUT2D eigenvalue weighted by Gasteiger charge is -2.20. The minimum absolute atomic E-state index is 0.0713. The average Bonchev–Trinajstić information content (AvgIpc) is 2.68. The van der Waals surface area contributed by atoms with Crippen molar-refractivity contribution in [3.63, 3.8) is 0 Å². The summed E-state index contributed by atoms with van der Waals surface area (Å²) in [7, 11) is 0. The average molecular weight is 483 g/mol. The summed E-state index contributed by atoms with van der Waals surface area (Å²) in [6, 6.07) is 4.79. The first kappa shape index (κ1) is 25.3. The van der Waals surface area contributed by atoms with E-state index in [1.54, 1.807) is 0 Å². The molecule has 1 nitrogen and oxygen atoms in total. The number of hydrogen-bond donors (Lipinski definition) is 0. The molecule has 9 heteroatoms. The molecule has 0 bridgehead atoms. The highest BCUT2D eigenvalue weighted by molar-refractivity contribution is 6.42. The largest absolute Gasteiger partial charge is 0.399 e. The Bertz CT molecular complexity index is 1000. The van der Waals surface area contributed by atoms with Gasteiger partial charge in [-0.05, 0) is 43.2 Å². The van der Waals surface area contributed by atoms with Crippen molar-refractivity contribution in [1.29, 1.82) is 0 Å². The smallest absolute Gasteiger partial charge is 0.294 e. The van der Waals surface area contributed by atoms with Crippen molar-refractivity contribution in [3.8, 4) is 0 Å². The summed E-state index contributed by atoms with van der Waals surface area (Å²) in [5, 5.41) is -0.0579. The van der Waals surface area contributed by atoms with Crippen molar-refractivity contribution >= 4 is 34.8 Å². The van der Waals surface area contributed by atoms with E-state index in [0.717, 1.165) is 31.2 Å². The third-order valence-electron chi connectivity index (χ3n) is 4.77. The Morgan fingerprint density at radius 2 is 1.71 bits per heavy atom. The van der Waals surface area contributed by atoms with Gasteiger partial charge in [-0.1, -0.05) is 48.3 Å². The molecule has 1 atom stereocenters. The molecule has 0 aromatic heterocycles. The van der Waals surface area contributed by atoms with E-state index in [1.165, 1.54) is 13.8 Å². The van der Waals surface area contributed by atoms with Gasteiger partial charge >= 0.3 is 6.18 Å². The maximum absolute atomic E-state index is 14.9. The van der Waals surface area contributed by atoms with E-state index in [1.807, 2.05) is 0 Å². The monoisotopic (exact) mass is 482 g/mol. The van der Waals surface area contributed by atoms with E-state index in [0.29, 0.717) is 6.07 Å². The van der Waals surface area contributed by atoms with Crippen molar-refractivity contribution in [3.05, 3.63) is 74.3 Å². The molecule has 0 heterocycles. The molecule has 2 aromatic carbocycles. The van der Waals surface area contributed by atoms with Gasteiger partial charge in [0, 0.05) is 23.1 Å². The van der Waals surface area contributed by atoms with Gasteiger partial charge in [0.2, 0.25) is 0 Å². The molecule has 0 spiro atoms. The Labute approximate surface area is 185 Å². The molecule has 168 valence electrons. The highest BCUT2D eigenvalue weighted by Crippen LogP contribution is 2.42. The van der Waals surface area contributed by atoms with Crippen LogP contribution >= 0.6 is 23.2 Å². The van der Waals surface area contributed by atoms with E-state index >= 15 is 0 Å². The van der Waals surface area contributed by atoms with Gasteiger partial charge in [0.1, 0.15) is 11.7 Å². The minimum Gasteiger partial charge on any atom is -0.294 e. The third kappa shape index (κ3) is 5.63. The number of ketones is 1. The molecule has 1 unspecified atom stereocenters. The summed E-state index contributed by atoms with van der Waals surface area (Å²) in [4.78, 5) is 11.7. The van der Waals surface area contributed by atoms with Gasteiger partial charge in [-0.25, -0.2) is 13.2 Å². The second kappa shape index (κ2) is 9.25. The SMILES string of the molecule is CCC(F)(F)c1cc(/C(F)=C/C(c2cc(C)c(Cl)c(Cl)c2)C(F)(F)F)ccc1C(C)=O. The molecule has 0 fully saturated rings. The fourth-order valence-electron chi connectivity index (χ4n) is 3.05. The fraction of sp³-hybridized carbons (Fsp3) is 0.318. The lowest BCUT2D eigenvalue weighted by atomic mass is 9.92. The van der Waals surface area contributed by atoms with Gasteiger partial charge in [0.15, 0.2) is 5.78 Å². The van der Waals surface area contributed by atoms with Crippen molar-refractivity contribution in [2.24, 2.45) is 0 Å². The van der Waals surface area contributed by atoms with Crippen LogP contribution in [0.4, 0.5) is 26.3 Å². The molecule has 0 amide bonds. The Hall–Kier alpha value is -1.99. The molecular weight excluding hydrogens is 465 g/mol. The standard InChI is InChI=1S/C22H18Cl2F6O/c1-4-21(26,27)17-8-13(5-6-15(17)12(3)31)19(25)10-16(22(28,29)30)14-7-11(2)20(24)18(23)9-14/h5-10,16H,4H2,1-3H3/b19-10-. The number of aryl methyl sites for hydroxylation is 1.